The van der Waals surface area contributed by atoms with E-state index < -0.39 is 0 Å². The van der Waals surface area contributed by atoms with Crippen molar-refractivity contribution in [3.63, 3.8) is 0 Å². The molecular weight excluding hydrogens is 496 g/mol. The molecule has 3 heterocycles. The fourth-order valence-electron chi connectivity index (χ4n) is 2.84. The molecule has 0 spiro atoms. The molecule has 0 amide bonds. The second-order valence-electron chi connectivity index (χ2n) is 6.27. The Balaban J connectivity index is 0.00000124. The third-order valence-corrected chi connectivity index (χ3v) is 4.04. The molecule has 0 unspecified atom stereocenters. The number of hydrogen-bond acceptors (Lipinski definition) is 8. The van der Waals surface area contributed by atoms with Crippen molar-refractivity contribution in [2.75, 3.05) is 18.0 Å². The fourth-order valence-corrected chi connectivity index (χ4v) is 2.84. The van der Waals surface area contributed by atoms with Crippen LogP contribution in [-0.4, -0.2) is 57.9 Å². The summed E-state index contributed by atoms with van der Waals surface area (Å²) in [6.07, 6.45) is 0. The summed E-state index contributed by atoms with van der Waals surface area (Å²) < 4.78 is 3.50. The molecule has 173 valence electrons. The number of isothiocyanates is 2. The van der Waals surface area contributed by atoms with Crippen LogP contribution in [0.4, 0.5) is 5.95 Å². The molecule has 0 fully saturated rings. The minimum absolute atomic E-state index is 0. The molecule has 1 radical (unpaired) electrons. The van der Waals surface area contributed by atoms with Gasteiger partial charge in [0.15, 0.2) is 0 Å². The quantitative estimate of drug-likeness (QED) is 0.284. The van der Waals surface area contributed by atoms with Crippen molar-refractivity contribution < 1.29 is 17.1 Å². The monoisotopic (exact) mass is 519 g/mol. The fraction of sp³-hybridized carbons (Fsp3) is 0.421. The number of aromatic nitrogens is 7. The molecule has 0 saturated carbocycles. The van der Waals surface area contributed by atoms with E-state index in [-0.39, 0.29) is 17.1 Å². The van der Waals surface area contributed by atoms with Gasteiger partial charge in [0.2, 0.25) is 5.95 Å². The van der Waals surface area contributed by atoms with Crippen LogP contribution in [0.5, 0.6) is 0 Å². The first-order valence-electron chi connectivity index (χ1n) is 9.36. The Hall–Kier alpha value is -2.65. The molecule has 13 heteroatoms. The maximum atomic E-state index is 7.13. The predicted molar refractivity (Wildman–Crippen MR) is 128 cm³/mol. The molecule has 10 nitrogen and oxygen atoms in total. The molecule has 0 N–H and O–H groups in total. The number of hydrogen-bond donors (Lipinski definition) is 0. The van der Waals surface area contributed by atoms with Crippen LogP contribution in [-0.2, 0) is 17.1 Å². The van der Waals surface area contributed by atoms with Gasteiger partial charge in [-0.3, -0.25) is 0 Å². The molecular formula is C19H24CuN10S2. The van der Waals surface area contributed by atoms with Gasteiger partial charge in [-0.25, -0.2) is 9.36 Å². The van der Waals surface area contributed by atoms with E-state index in [4.69, 9.17) is 10.8 Å². The Labute approximate surface area is 209 Å². The topological polar surface area (TPSA) is 122 Å². The Morgan fingerprint density at radius 2 is 1.16 bits per heavy atom. The second-order valence-corrected chi connectivity index (χ2v) is 6.63. The van der Waals surface area contributed by atoms with E-state index >= 15 is 0 Å². The first kappa shape index (κ1) is 29.3. The zero-order chi connectivity index (χ0) is 23.6. The van der Waals surface area contributed by atoms with E-state index in [9.17, 15) is 0 Å². The number of thiocarbonyl (C=S) groups is 2. The van der Waals surface area contributed by atoms with Crippen LogP contribution in [0.1, 0.15) is 36.6 Å². The first-order valence-corrected chi connectivity index (χ1v) is 10.2. The summed E-state index contributed by atoms with van der Waals surface area (Å²) >= 11 is 7.40. The van der Waals surface area contributed by atoms with Crippen LogP contribution in [0.15, 0.2) is 12.1 Å². The van der Waals surface area contributed by atoms with Gasteiger partial charge in [0.25, 0.3) is 11.9 Å². The summed E-state index contributed by atoms with van der Waals surface area (Å²) in [6, 6.07) is 4.01. The van der Waals surface area contributed by atoms with Crippen molar-refractivity contribution in [2.45, 2.75) is 41.5 Å². The summed E-state index contributed by atoms with van der Waals surface area (Å²) in [7, 11) is 0. The van der Waals surface area contributed by atoms with Crippen LogP contribution in [0.2, 0.25) is 0 Å². The van der Waals surface area contributed by atoms with E-state index in [1.54, 1.807) is 9.36 Å². The number of anilines is 1. The third-order valence-electron chi connectivity index (χ3n) is 4.04. The summed E-state index contributed by atoms with van der Waals surface area (Å²) in [5.41, 5.74) is 3.81. The van der Waals surface area contributed by atoms with Crippen LogP contribution < -0.4 is 4.90 Å². The van der Waals surface area contributed by atoms with Crippen molar-refractivity contribution in [1.29, 1.82) is 0 Å². The van der Waals surface area contributed by atoms with Crippen molar-refractivity contribution in [3.05, 3.63) is 45.7 Å². The number of nitrogens with zero attached hydrogens (tertiary/aromatic N) is 10. The maximum absolute atomic E-state index is 7.13. The molecule has 3 aromatic heterocycles. The zero-order valence-corrected chi connectivity index (χ0v) is 21.2. The molecule has 0 aliphatic rings. The number of aryl methyl sites for hydroxylation is 4. The Morgan fingerprint density at radius 3 is 1.41 bits per heavy atom. The summed E-state index contributed by atoms with van der Waals surface area (Å²) in [5.74, 6) is 1.64. The molecule has 0 saturated heterocycles. The minimum atomic E-state index is 0. The maximum Gasteiger partial charge on any atom is 2.00 e. The Bertz CT molecular complexity index is 999. The van der Waals surface area contributed by atoms with Crippen molar-refractivity contribution in [2.24, 2.45) is 0 Å². The normalized spacial score (nSPS) is 9.19. The first-order chi connectivity index (χ1) is 14.8. The Kier molecular flexibility index (Phi) is 13.2. The molecule has 0 aromatic carbocycles. The van der Waals surface area contributed by atoms with Crippen LogP contribution in [0.3, 0.4) is 0 Å². The molecule has 0 aliphatic carbocycles. The van der Waals surface area contributed by atoms with E-state index in [2.05, 4.69) is 68.3 Å². The predicted octanol–water partition coefficient (Wildman–Crippen LogP) is 3.64. The molecule has 3 aromatic rings. The molecule has 32 heavy (non-hydrogen) atoms. The standard InChI is InChI=1S/C17H24N8.2CNS.Cu/c1-7-23(8-2)15-18-16(24-13(5)9-11(3)21-24)20-17(19-15)25-14(6)10-12(4)22-25;2*2-1-3;/h9-10H,7-8H2,1-6H3;;;/q;2*-1;+2. The van der Waals surface area contributed by atoms with Crippen LogP contribution >= 0.6 is 24.4 Å². The zero-order valence-electron chi connectivity index (χ0n) is 18.7. The molecule has 3 rings (SSSR count). The SMILES string of the molecule is CCN(CC)c1nc(-n2nc(C)cc2C)nc(-n2nc(C)cc2C)n1.[Cu+2].[N-]=C=S.[N-]=C=S. The van der Waals surface area contributed by atoms with Gasteiger partial charge in [0.1, 0.15) is 0 Å². The second kappa shape index (κ2) is 14.4. The van der Waals surface area contributed by atoms with Gasteiger partial charge in [-0.1, -0.05) is 24.4 Å². The van der Waals surface area contributed by atoms with Gasteiger partial charge < -0.3 is 15.7 Å². The summed E-state index contributed by atoms with van der Waals surface area (Å²) in [6.45, 7) is 13.7. The molecule has 0 aliphatic heterocycles. The molecule has 0 bridgehead atoms. The smallest absolute Gasteiger partial charge is 0.753 e. The van der Waals surface area contributed by atoms with Gasteiger partial charge in [0, 0.05) is 24.5 Å². The van der Waals surface area contributed by atoms with Gasteiger partial charge in [-0.2, -0.15) is 35.5 Å². The van der Waals surface area contributed by atoms with Gasteiger partial charge in [0.05, 0.1) is 11.4 Å². The van der Waals surface area contributed by atoms with Gasteiger partial charge in [-0.05, 0) is 53.7 Å². The van der Waals surface area contributed by atoms with Crippen LogP contribution in [0, 0.1) is 27.7 Å². The summed E-state index contributed by atoms with van der Waals surface area (Å²) in [5, 5.41) is 26.0. The average molecular weight is 520 g/mol. The van der Waals surface area contributed by atoms with Crippen LogP contribution in [0.25, 0.3) is 22.7 Å². The van der Waals surface area contributed by atoms with Gasteiger partial charge in [-0.15, -0.1) is 0 Å². The van der Waals surface area contributed by atoms with E-state index in [0.29, 0.717) is 17.8 Å². The number of rotatable bonds is 5. The third kappa shape index (κ3) is 7.80. The average Bonchev–Trinajstić information content (AvgIpc) is 3.23. The largest absolute Gasteiger partial charge is 2.00 e. The molecule has 0 atom stereocenters. The van der Waals surface area contributed by atoms with E-state index in [0.717, 1.165) is 35.9 Å². The van der Waals surface area contributed by atoms with Crippen molar-refractivity contribution in [1.82, 2.24) is 34.5 Å². The van der Waals surface area contributed by atoms with E-state index in [1.165, 1.54) is 10.3 Å². The summed E-state index contributed by atoms with van der Waals surface area (Å²) in [4.78, 5) is 16.0. The minimum Gasteiger partial charge on any atom is -0.753 e. The Morgan fingerprint density at radius 1 is 0.812 bits per heavy atom. The van der Waals surface area contributed by atoms with E-state index in [1.807, 2.05) is 39.8 Å². The van der Waals surface area contributed by atoms with Gasteiger partial charge >= 0.3 is 17.1 Å². The van der Waals surface area contributed by atoms with Crippen molar-refractivity contribution in [3.8, 4) is 11.9 Å². The van der Waals surface area contributed by atoms with Crippen molar-refractivity contribution >= 4 is 40.7 Å².